The maximum Gasteiger partial charge on any atom is 0.0840 e. The second-order valence-electron chi connectivity index (χ2n) is 7.10. The highest BCUT2D eigenvalue weighted by Gasteiger charge is 2.19. The van der Waals surface area contributed by atoms with Crippen molar-refractivity contribution in [3.63, 3.8) is 0 Å². The van der Waals surface area contributed by atoms with Crippen molar-refractivity contribution in [3.05, 3.63) is 64.5 Å². The molecule has 132 valence electrons. The Morgan fingerprint density at radius 2 is 1.64 bits per heavy atom. The van der Waals surface area contributed by atoms with Crippen LogP contribution >= 0.6 is 12.2 Å². The third kappa shape index (κ3) is 5.10. The standard InChI is InChI=1S/C21H27N3S/c1-16-4-6-19(7-5-16)15-23-8-10-24(11-9-23)21(25)14-20-13-17(2)12-18(3)22-20/h4-7,12-13H,8-11,14-15H2,1-3H3. The van der Waals surface area contributed by atoms with E-state index in [2.05, 4.69) is 65.0 Å². The van der Waals surface area contributed by atoms with Gasteiger partial charge in [0, 0.05) is 50.5 Å². The van der Waals surface area contributed by atoms with E-state index in [0.29, 0.717) is 0 Å². The molecule has 0 radical (unpaired) electrons. The Labute approximate surface area is 156 Å². The first kappa shape index (κ1) is 18.0. The molecule has 1 aromatic carbocycles. The van der Waals surface area contributed by atoms with Gasteiger partial charge in [-0.1, -0.05) is 42.0 Å². The molecule has 0 bridgehead atoms. The van der Waals surface area contributed by atoms with E-state index < -0.39 is 0 Å². The summed E-state index contributed by atoms with van der Waals surface area (Å²) in [5.41, 5.74) is 6.12. The third-order valence-corrected chi connectivity index (χ3v) is 5.14. The lowest BCUT2D eigenvalue weighted by Gasteiger charge is -2.36. The number of pyridine rings is 1. The van der Waals surface area contributed by atoms with Crippen molar-refractivity contribution in [1.29, 1.82) is 0 Å². The predicted molar refractivity (Wildman–Crippen MR) is 108 cm³/mol. The van der Waals surface area contributed by atoms with Crippen molar-refractivity contribution < 1.29 is 0 Å². The van der Waals surface area contributed by atoms with Gasteiger partial charge in [0.25, 0.3) is 0 Å². The summed E-state index contributed by atoms with van der Waals surface area (Å²) in [6.45, 7) is 11.5. The van der Waals surface area contributed by atoms with Gasteiger partial charge in [0.15, 0.2) is 0 Å². The number of thiocarbonyl (C=S) groups is 1. The summed E-state index contributed by atoms with van der Waals surface area (Å²) < 4.78 is 0. The number of piperazine rings is 1. The highest BCUT2D eigenvalue weighted by Crippen LogP contribution is 2.12. The molecule has 1 aliphatic rings. The second-order valence-corrected chi connectivity index (χ2v) is 7.57. The Hall–Kier alpha value is -1.78. The minimum absolute atomic E-state index is 0.774. The molecule has 1 saturated heterocycles. The average Bonchev–Trinajstić information content (AvgIpc) is 2.56. The lowest BCUT2D eigenvalue weighted by Crippen LogP contribution is -2.48. The Kier molecular flexibility index (Phi) is 5.82. The summed E-state index contributed by atoms with van der Waals surface area (Å²) in [5, 5.41) is 0. The summed E-state index contributed by atoms with van der Waals surface area (Å²) >= 11 is 5.69. The largest absolute Gasteiger partial charge is 0.363 e. The number of aromatic nitrogens is 1. The van der Waals surface area contributed by atoms with Crippen LogP contribution in [0.3, 0.4) is 0 Å². The molecule has 1 aromatic heterocycles. The number of nitrogens with zero attached hydrogens (tertiary/aromatic N) is 3. The molecule has 2 aromatic rings. The van der Waals surface area contributed by atoms with Crippen LogP contribution in [-0.4, -0.2) is 46.0 Å². The van der Waals surface area contributed by atoms with Crippen molar-refractivity contribution in [2.24, 2.45) is 0 Å². The second kappa shape index (κ2) is 8.07. The predicted octanol–water partition coefficient (Wildman–Crippen LogP) is 3.69. The maximum atomic E-state index is 5.69. The van der Waals surface area contributed by atoms with Crippen LogP contribution in [-0.2, 0) is 13.0 Å². The molecule has 25 heavy (non-hydrogen) atoms. The normalized spacial score (nSPS) is 15.4. The van der Waals surface area contributed by atoms with E-state index in [1.807, 2.05) is 6.92 Å². The van der Waals surface area contributed by atoms with E-state index in [1.165, 1.54) is 16.7 Å². The first-order chi connectivity index (χ1) is 12.0. The molecular weight excluding hydrogens is 326 g/mol. The number of aryl methyl sites for hydroxylation is 3. The van der Waals surface area contributed by atoms with E-state index in [9.17, 15) is 0 Å². The Morgan fingerprint density at radius 3 is 2.28 bits per heavy atom. The van der Waals surface area contributed by atoms with Gasteiger partial charge < -0.3 is 4.90 Å². The van der Waals surface area contributed by atoms with Gasteiger partial charge in [-0.3, -0.25) is 9.88 Å². The molecule has 4 heteroatoms. The van der Waals surface area contributed by atoms with E-state index in [-0.39, 0.29) is 0 Å². The highest BCUT2D eigenvalue weighted by molar-refractivity contribution is 7.80. The lowest BCUT2D eigenvalue weighted by molar-refractivity contribution is 0.176. The van der Waals surface area contributed by atoms with Gasteiger partial charge in [0.2, 0.25) is 0 Å². The molecule has 3 nitrogen and oxygen atoms in total. The molecule has 0 saturated carbocycles. The Balaban J connectivity index is 1.51. The monoisotopic (exact) mass is 353 g/mol. The van der Waals surface area contributed by atoms with Gasteiger partial charge >= 0.3 is 0 Å². The van der Waals surface area contributed by atoms with Crippen LogP contribution in [0.15, 0.2) is 36.4 Å². The van der Waals surface area contributed by atoms with Gasteiger partial charge in [-0.2, -0.15) is 0 Å². The van der Waals surface area contributed by atoms with E-state index in [1.54, 1.807) is 0 Å². The van der Waals surface area contributed by atoms with Gasteiger partial charge in [-0.05, 0) is 44.0 Å². The minimum Gasteiger partial charge on any atom is -0.363 e. The zero-order valence-electron chi connectivity index (χ0n) is 15.5. The van der Waals surface area contributed by atoms with E-state index in [4.69, 9.17) is 12.2 Å². The van der Waals surface area contributed by atoms with Crippen LogP contribution in [0.5, 0.6) is 0 Å². The number of hydrogen-bond acceptors (Lipinski definition) is 3. The van der Waals surface area contributed by atoms with E-state index in [0.717, 1.165) is 55.5 Å². The number of hydrogen-bond donors (Lipinski definition) is 0. The van der Waals surface area contributed by atoms with Crippen molar-refractivity contribution in [2.45, 2.75) is 33.7 Å². The first-order valence-electron chi connectivity index (χ1n) is 8.99. The molecule has 0 unspecified atom stereocenters. The molecule has 2 heterocycles. The molecule has 1 fully saturated rings. The minimum atomic E-state index is 0.774. The molecule has 0 spiro atoms. The summed E-state index contributed by atoms with van der Waals surface area (Å²) in [6, 6.07) is 13.1. The van der Waals surface area contributed by atoms with Crippen LogP contribution in [0.2, 0.25) is 0 Å². The summed E-state index contributed by atoms with van der Waals surface area (Å²) in [4.78, 5) is 10.5. The van der Waals surface area contributed by atoms with Crippen LogP contribution in [0.25, 0.3) is 0 Å². The fourth-order valence-corrected chi connectivity index (χ4v) is 3.72. The molecule has 0 amide bonds. The third-order valence-electron chi connectivity index (χ3n) is 4.73. The quantitative estimate of drug-likeness (QED) is 0.781. The maximum absolute atomic E-state index is 5.69. The Morgan fingerprint density at radius 1 is 0.960 bits per heavy atom. The van der Waals surface area contributed by atoms with Crippen molar-refractivity contribution in [1.82, 2.24) is 14.8 Å². The highest BCUT2D eigenvalue weighted by atomic mass is 32.1. The molecule has 0 atom stereocenters. The summed E-state index contributed by atoms with van der Waals surface area (Å²) in [6.07, 6.45) is 0.774. The van der Waals surface area contributed by atoms with Gasteiger partial charge in [0.05, 0.1) is 4.99 Å². The fourth-order valence-electron chi connectivity index (χ4n) is 3.39. The summed E-state index contributed by atoms with van der Waals surface area (Å²) in [7, 11) is 0. The van der Waals surface area contributed by atoms with E-state index >= 15 is 0 Å². The molecule has 0 aliphatic carbocycles. The topological polar surface area (TPSA) is 19.4 Å². The molecule has 3 rings (SSSR count). The van der Waals surface area contributed by atoms with Crippen molar-refractivity contribution in [3.8, 4) is 0 Å². The van der Waals surface area contributed by atoms with Crippen LogP contribution in [0, 0.1) is 20.8 Å². The van der Waals surface area contributed by atoms with Crippen LogP contribution in [0.1, 0.15) is 28.1 Å². The smallest absolute Gasteiger partial charge is 0.0840 e. The van der Waals surface area contributed by atoms with Crippen LogP contribution in [0.4, 0.5) is 0 Å². The van der Waals surface area contributed by atoms with Crippen molar-refractivity contribution in [2.75, 3.05) is 26.2 Å². The number of rotatable bonds is 4. The van der Waals surface area contributed by atoms with Crippen LogP contribution < -0.4 is 0 Å². The number of benzene rings is 1. The first-order valence-corrected chi connectivity index (χ1v) is 9.40. The van der Waals surface area contributed by atoms with Crippen molar-refractivity contribution >= 4 is 17.2 Å². The fraction of sp³-hybridized carbons (Fsp3) is 0.429. The summed E-state index contributed by atoms with van der Waals surface area (Å²) in [5.74, 6) is 0. The zero-order chi connectivity index (χ0) is 17.8. The van der Waals surface area contributed by atoms with Gasteiger partial charge in [-0.15, -0.1) is 0 Å². The van der Waals surface area contributed by atoms with Gasteiger partial charge in [0.1, 0.15) is 0 Å². The molecular formula is C21H27N3S. The molecule has 1 aliphatic heterocycles. The SMILES string of the molecule is Cc1ccc(CN2CCN(C(=S)Cc3cc(C)cc(C)n3)CC2)cc1. The zero-order valence-corrected chi connectivity index (χ0v) is 16.3. The van der Waals surface area contributed by atoms with Gasteiger partial charge in [-0.25, -0.2) is 0 Å². The molecule has 0 N–H and O–H groups in total. The lowest BCUT2D eigenvalue weighted by atomic mass is 10.1. The average molecular weight is 354 g/mol. The Bertz CT molecular complexity index is 711.